The maximum atomic E-state index is 5.76. The minimum atomic E-state index is 0.547. The standard InChI is InChI=1S/C13H21N3/c1-3-16-7-5-4-6-12(16)11-8-10(2)13(14)15-9-11/h8-9,12H,3-7H2,1-2H3,(H2,14,15). The number of nitrogen functional groups attached to an aromatic ring is 1. The van der Waals surface area contributed by atoms with Gasteiger partial charge in [0.05, 0.1) is 0 Å². The minimum Gasteiger partial charge on any atom is -0.383 e. The van der Waals surface area contributed by atoms with E-state index in [4.69, 9.17) is 5.73 Å². The first-order valence-corrected chi connectivity index (χ1v) is 6.18. The number of rotatable bonds is 2. The Morgan fingerprint density at radius 3 is 3.00 bits per heavy atom. The van der Waals surface area contributed by atoms with E-state index in [2.05, 4.69) is 22.9 Å². The summed E-state index contributed by atoms with van der Waals surface area (Å²) in [5.41, 5.74) is 8.18. The second-order valence-corrected chi connectivity index (χ2v) is 4.61. The first-order chi connectivity index (χ1) is 7.72. The summed E-state index contributed by atoms with van der Waals surface area (Å²) in [4.78, 5) is 6.81. The number of nitrogens with two attached hydrogens (primary N) is 1. The Hall–Kier alpha value is -1.09. The third kappa shape index (κ3) is 2.19. The van der Waals surface area contributed by atoms with Crippen LogP contribution in [0.3, 0.4) is 0 Å². The van der Waals surface area contributed by atoms with Gasteiger partial charge >= 0.3 is 0 Å². The third-order valence-electron chi connectivity index (χ3n) is 3.54. The summed E-state index contributed by atoms with van der Waals surface area (Å²) in [6.07, 6.45) is 5.84. The molecule has 2 rings (SSSR count). The molecule has 1 aliphatic rings. The van der Waals surface area contributed by atoms with E-state index in [9.17, 15) is 0 Å². The van der Waals surface area contributed by atoms with Gasteiger partial charge < -0.3 is 5.73 Å². The molecule has 0 bridgehead atoms. The van der Waals surface area contributed by atoms with Crippen molar-refractivity contribution in [3.8, 4) is 0 Å². The van der Waals surface area contributed by atoms with E-state index >= 15 is 0 Å². The van der Waals surface area contributed by atoms with Gasteiger partial charge in [0.15, 0.2) is 0 Å². The van der Waals surface area contributed by atoms with Crippen LogP contribution in [0.4, 0.5) is 5.82 Å². The van der Waals surface area contributed by atoms with Crippen molar-refractivity contribution >= 4 is 5.82 Å². The predicted octanol–water partition coefficient (Wildman–Crippen LogP) is 2.52. The van der Waals surface area contributed by atoms with E-state index in [0.29, 0.717) is 11.9 Å². The fourth-order valence-electron chi connectivity index (χ4n) is 2.54. The number of likely N-dealkylation sites (tertiary alicyclic amines) is 1. The molecule has 1 aromatic rings. The van der Waals surface area contributed by atoms with Crippen LogP contribution in [0, 0.1) is 6.92 Å². The average Bonchev–Trinajstić information content (AvgIpc) is 2.32. The fourth-order valence-corrected chi connectivity index (χ4v) is 2.54. The van der Waals surface area contributed by atoms with Crippen molar-refractivity contribution in [1.29, 1.82) is 0 Å². The predicted molar refractivity (Wildman–Crippen MR) is 67.2 cm³/mol. The number of aromatic nitrogens is 1. The van der Waals surface area contributed by atoms with Crippen LogP contribution in [-0.2, 0) is 0 Å². The molecule has 1 aromatic heterocycles. The van der Waals surface area contributed by atoms with Crippen molar-refractivity contribution in [2.75, 3.05) is 18.8 Å². The zero-order chi connectivity index (χ0) is 11.5. The number of pyridine rings is 1. The maximum Gasteiger partial charge on any atom is 0.126 e. The van der Waals surface area contributed by atoms with Crippen LogP contribution in [0.15, 0.2) is 12.3 Å². The molecular weight excluding hydrogens is 198 g/mol. The van der Waals surface area contributed by atoms with E-state index in [-0.39, 0.29) is 0 Å². The SMILES string of the molecule is CCN1CCCCC1c1cnc(N)c(C)c1. The molecule has 2 heterocycles. The van der Waals surface area contributed by atoms with E-state index in [0.717, 1.165) is 12.1 Å². The van der Waals surface area contributed by atoms with Crippen molar-refractivity contribution < 1.29 is 0 Å². The Labute approximate surface area is 97.7 Å². The molecule has 1 atom stereocenters. The Morgan fingerprint density at radius 1 is 1.50 bits per heavy atom. The summed E-state index contributed by atoms with van der Waals surface area (Å²) in [7, 11) is 0. The lowest BCUT2D eigenvalue weighted by Gasteiger charge is -2.35. The first kappa shape index (κ1) is 11.4. The normalized spacial score (nSPS) is 22.2. The highest BCUT2D eigenvalue weighted by Gasteiger charge is 2.22. The van der Waals surface area contributed by atoms with Crippen molar-refractivity contribution in [3.05, 3.63) is 23.4 Å². The quantitative estimate of drug-likeness (QED) is 0.831. The number of aryl methyl sites for hydroxylation is 1. The fraction of sp³-hybridized carbons (Fsp3) is 0.615. The molecule has 1 aliphatic heterocycles. The highest BCUT2D eigenvalue weighted by Crippen LogP contribution is 2.30. The van der Waals surface area contributed by atoms with Crippen LogP contribution in [-0.4, -0.2) is 23.0 Å². The largest absolute Gasteiger partial charge is 0.383 e. The number of piperidine rings is 1. The summed E-state index contributed by atoms with van der Waals surface area (Å²) in [5, 5.41) is 0. The summed E-state index contributed by atoms with van der Waals surface area (Å²) >= 11 is 0. The van der Waals surface area contributed by atoms with Gasteiger partial charge in [-0.3, -0.25) is 4.90 Å². The number of anilines is 1. The topological polar surface area (TPSA) is 42.2 Å². The molecule has 1 unspecified atom stereocenters. The number of hydrogen-bond acceptors (Lipinski definition) is 3. The molecule has 3 nitrogen and oxygen atoms in total. The average molecular weight is 219 g/mol. The van der Waals surface area contributed by atoms with Crippen molar-refractivity contribution in [2.24, 2.45) is 0 Å². The number of hydrogen-bond donors (Lipinski definition) is 1. The highest BCUT2D eigenvalue weighted by molar-refractivity contribution is 5.40. The lowest BCUT2D eigenvalue weighted by Crippen LogP contribution is -2.33. The molecule has 3 heteroatoms. The second kappa shape index (κ2) is 4.83. The molecule has 0 amide bonds. The van der Waals surface area contributed by atoms with Crippen molar-refractivity contribution in [3.63, 3.8) is 0 Å². The van der Waals surface area contributed by atoms with Crippen LogP contribution in [0.1, 0.15) is 43.4 Å². The van der Waals surface area contributed by atoms with E-state index in [1.165, 1.54) is 31.4 Å². The zero-order valence-corrected chi connectivity index (χ0v) is 10.2. The van der Waals surface area contributed by atoms with Crippen LogP contribution in [0.25, 0.3) is 0 Å². The molecule has 0 aliphatic carbocycles. The summed E-state index contributed by atoms with van der Waals surface area (Å²) in [6, 6.07) is 2.74. The molecule has 88 valence electrons. The summed E-state index contributed by atoms with van der Waals surface area (Å²) in [6.45, 7) is 6.60. The lowest BCUT2D eigenvalue weighted by atomic mass is 9.95. The molecule has 1 fully saturated rings. The van der Waals surface area contributed by atoms with E-state index < -0.39 is 0 Å². The van der Waals surface area contributed by atoms with Gasteiger partial charge in [0.25, 0.3) is 0 Å². The van der Waals surface area contributed by atoms with Gasteiger partial charge in [0, 0.05) is 12.2 Å². The second-order valence-electron chi connectivity index (χ2n) is 4.61. The van der Waals surface area contributed by atoms with Gasteiger partial charge in [0.2, 0.25) is 0 Å². The molecule has 0 aromatic carbocycles. The highest BCUT2D eigenvalue weighted by atomic mass is 15.2. The van der Waals surface area contributed by atoms with Crippen LogP contribution in [0.2, 0.25) is 0 Å². The van der Waals surface area contributed by atoms with Gasteiger partial charge in [-0.25, -0.2) is 4.98 Å². The van der Waals surface area contributed by atoms with Crippen LogP contribution < -0.4 is 5.73 Å². The van der Waals surface area contributed by atoms with Crippen molar-refractivity contribution in [1.82, 2.24) is 9.88 Å². The van der Waals surface area contributed by atoms with Crippen LogP contribution >= 0.6 is 0 Å². The van der Waals surface area contributed by atoms with Gasteiger partial charge in [-0.1, -0.05) is 13.3 Å². The molecule has 0 spiro atoms. The Kier molecular flexibility index (Phi) is 3.44. The van der Waals surface area contributed by atoms with Crippen molar-refractivity contribution in [2.45, 2.75) is 39.2 Å². The van der Waals surface area contributed by atoms with Crippen LogP contribution in [0.5, 0.6) is 0 Å². The minimum absolute atomic E-state index is 0.547. The van der Waals surface area contributed by atoms with Gasteiger partial charge in [0.1, 0.15) is 5.82 Å². The Morgan fingerprint density at radius 2 is 2.31 bits per heavy atom. The third-order valence-corrected chi connectivity index (χ3v) is 3.54. The zero-order valence-electron chi connectivity index (χ0n) is 10.2. The Bertz CT molecular complexity index is 362. The van der Waals surface area contributed by atoms with Gasteiger partial charge in [-0.05, 0) is 50.0 Å². The molecule has 0 radical (unpaired) electrons. The molecule has 1 saturated heterocycles. The molecule has 0 saturated carbocycles. The maximum absolute atomic E-state index is 5.76. The van der Waals surface area contributed by atoms with E-state index in [1.807, 2.05) is 13.1 Å². The van der Waals surface area contributed by atoms with Gasteiger partial charge in [-0.15, -0.1) is 0 Å². The van der Waals surface area contributed by atoms with Gasteiger partial charge in [-0.2, -0.15) is 0 Å². The monoisotopic (exact) mass is 219 g/mol. The molecular formula is C13H21N3. The summed E-state index contributed by atoms with van der Waals surface area (Å²) < 4.78 is 0. The first-order valence-electron chi connectivity index (χ1n) is 6.18. The summed E-state index contributed by atoms with van der Waals surface area (Å²) in [5.74, 6) is 0.655. The Balaban J connectivity index is 2.23. The number of nitrogens with zero attached hydrogens (tertiary/aromatic N) is 2. The molecule has 16 heavy (non-hydrogen) atoms. The smallest absolute Gasteiger partial charge is 0.126 e. The van der Waals surface area contributed by atoms with E-state index in [1.54, 1.807) is 0 Å². The molecule has 2 N–H and O–H groups in total. The lowest BCUT2D eigenvalue weighted by molar-refractivity contribution is 0.157.